The molecule has 0 unspecified atom stereocenters. The second kappa shape index (κ2) is 6.05. The van der Waals surface area contributed by atoms with Gasteiger partial charge in [-0.2, -0.15) is 0 Å². The lowest BCUT2D eigenvalue weighted by molar-refractivity contribution is 0.112. The number of ether oxygens (including phenoxy) is 2. The molecule has 0 fully saturated rings. The summed E-state index contributed by atoms with van der Waals surface area (Å²) in [6.07, 6.45) is 1.57. The summed E-state index contributed by atoms with van der Waals surface area (Å²) in [6.45, 7) is 0. The van der Waals surface area contributed by atoms with Crippen LogP contribution in [0.4, 0.5) is 0 Å². The standard InChI is InChI=1S/C16H16O3/c1-18-15-6-3-12(4-7-15)9-13-5-8-16(19-2)10-14(13)11-17/h3-8,10-11H,9H2,1-2H3. The summed E-state index contributed by atoms with van der Waals surface area (Å²) in [5.41, 5.74) is 2.78. The fourth-order valence-electron chi connectivity index (χ4n) is 1.93. The number of hydrogen-bond acceptors (Lipinski definition) is 3. The van der Waals surface area contributed by atoms with Crippen LogP contribution in [0.3, 0.4) is 0 Å². The van der Waals surface area contributed by atoms with Gasteiger partial charge in [0.1, 0.15) is 17.8 Å². The molecular weight excluding hydrogens is 240 g/mol. The summed E-state index contributed by atoms with van der Waals surface area (Å²) >= 11 is 0. The Balaban J connectivity index is 2.24. The summed E-state index contributed by atoms with van der Waals surface area (Å²) in [5, 5.41) is 0. The minimum Gasteiger partial charge on any atom is -0.497 e. The van der Waals surface area contributed by atoms with Gasteiger partial charge in [0, 0.05) is 5.56 Å². The summed E-state index contributed by atoms with van der Waals surface area (Å²) in [5.74, 6) is 1.52. The molecule has 0 saturated carbocycles. The van der Waals surface area contributed by atoms with Crippen molar-refractivity contribution in [2.24, 2.45) is 0 Å². The first-order valence-corrected chi connectivity index (χ1v) is 6.02. The Bertz CT molecular complexity index is 559. The number of rotatable bonds is 5. The molecule has 0 amide bonds. The van der Waals surface area contributed by atoms with Crippen molar-refractivity contribution < 1.29 is 14.3 Å². The third-order valence-corrected chi connectivity index (χ3v) is 3.03. The van der Waals surface area contributed by atoms with E-state index in [1.807, 2.05) is 36.4 Å². The SMILES string of the molecule is COc1ccc(Cc2ccc(OC)cc2C=O)cc1. The molecule has 0 N–H and O–H groups in total. The van der Waals surface area contributed by atoms with Crippen LogP contribution < -0.4 is 9.47 Å². The lowest BCUT2D eigenvalue weighted by Gasteiger charge is -2.08. The number of carbonyl (C=O) groups excluding carboxylic acids is 1. The number of carbonyl (C=O) groups is 1. The first kappa shape index (κ1) is 13.1. The average Bonchev–Trinajstić information content (AvgIpc) is 2.48. The molecule has 3 nitrogen and oxygen atoms in total. The minimum atomic E-state index is 0.662. The highest BCUT2D eigenvalue weighted by atomic mass is 16.5. The van der Waals surface area contributed by atoms with Gasteiger partial charge in [0.2, 0.25) is 0 Å². The van der Waals surface area contributed by atoms with E-state index in [0.717, 1.165) is 23.2 Å². The molecule has 0 aliphatic heterocycles. The monoisotopic (exact) mass is 256 g/mol. The van der Waals surface area contributed by atoms with Crippen molar-refractivity contribution in [1.82, 2.24) is 0 Å². The Morgan fingerprint density at radius 1 is 0.947 bits per heavy atom. The van der Waals surface area contributed by atoms with Crippen LogP contribution in [0, 0.1) is 0 Å². The lowest BCUT2D eigenvalue weighted by Crippen LogP contribution is -1.96. The zero-order valence-corrected chi connectivity index (χ0v) is 11.1. The van der Waals surface area contributed by atoms with E-state index in [2.05, 4.69) is 0 Å². The molecule has 0 saturated heterocycles. The van der Waals surface area contributed by atoms with Crippen LogP contribution in [-0.4, -0.2) is 20.5 Å². The largest absolute Gasteiger partial charge is 0.497 e. The van der Waals surface area contributed by atoms with Gasteiger partial charge in [-0.3, -0.25) is 4.79 Å². The molecule has 98 valence electrons. The Morgan fingerprint density at radius 2 is 1.58 bits per heavy atom. The Kier molecular flexibility index (Phi) is 4.18. The zero-order valence-electron chi connectivity index (χ0n) is 11.1. The highest BCUT2D eigenvalue weighted by Crippen LogP contribution is 2.20. The molecule has 0 aromatic heterocycles. The van der Waals surface area contributed by atoms with Crippen molar-refractivity contribution in [1.29, 1.82) is 0 Å². The highest BCUT2D eigenvalue weighted by molar-refractivity contribution is 5.78. The second-order valence-electron chi connectivity index (χ2n) is 4.21. The molecule has 3 heteroatoms. The Labute approximate surface area is 112 Å². The average molecular weight is 256 g/mol. The van der Waals surface area contributed by atoms with Crippen LogP contribution in [-0.2, 0) is 6.42 Å². The first-order valence-electron chi connectivity index (χ1n) is 6.02. The third kappa shape index (κ3) is 3.13. The fourth-order valence-corrected chi connectivity index (χ4v) is 1.93. The molecular formula is C16H16O3. The van der Waals surface area contributed by atoms with Crippen LogP contribution in [0.2, 0.25) is 0 Å². The van der Waals surface area contributed by atoms with Gasteiger partial charge in [0.15, 0.2) is 0 Å². The fraction of sp³-hybridized carbons (Fsp3) is 0.188. The number of aldehydes is 1. The molecule has 0 bridgehead atoms. The van der Waals surface area contributed by atoms with Crippen molar-refractivity contribution in [3.05, 3.63) is 59.2 Å². The number of hydrogen-bond donors (Lipinski definition) is 0. The van der Waals surface area contributed by atoms with Gasteiger partial charge in [-0.1, -0.05) is 18.2 Å². The topological polar surface area (TPSA) is 35.5 Å². The minimum absolute atomic E-state index is 0.662. The van der Waals surface area contributed by atoms with Crippen LogP contribution in [0.25, 0.3) is 0 Å². The predicted molar refractivity (Wildman–Crippen MR) is 74.2 cm³/mol. The van der Waals surface area contributed by atoms with Crippen molar-refractivity contribution in [2.45, 2.75) is 6.42 Å². The van der Waals surface area contributed by atoms with Gasteiger partial charge in [-0.25, -0.2) is 0 Å². The van der Waals surface area contributed by atoms with E-state index in [-0.39, 0.29) is 0 Å². The van der Waals surface area contributed by atoms with Gasteiger partial charge in [0.05, 0.1) is 14.2 Å². The third-order valence-electron chi connectivity index (χ3n) is 3.03. The van der Waals surface area contributed by atoms with E-state index in [1.165, 1.54) is 0 Å². The summed E-state index contributed by atoms with van der Waals surface area (Å²) in [7, 11) is 3.23. The van der Waals surface area contributed by atoms with Crippen molar-refractivity contribution >= 4 is 6.29 Å². The van der Waals surface area contributed by atoms with Gasteiger partial charge < -0.3 is 9.47 Å². The van der Waals surface area contributed by atoms with Crippen LogP contribution in [0.15, 0.2) is 42.5 Å². The molecule has 0 heterocycles. The van der Waals surface area contributed by atoms with Crippen LogP contribution in [0.1, 0.15) is 21.5 Å². The molecule has 2 rings (SSSR count). The van der Waals surface area contributed by atoms with E-state index < -0.39 is 0 Å². The summed E-state index contributed by atoms with van der Waals surface area (Å²) in [6, 6.07) is 13.4. The van der Waals surface area contributed by atoms with Crippen molar-refractivity contribution in [2.75, 3.05) is 14.2 Å². The van der Waals surface area contributed by atoms with E-state index in [0.29, 0.717) is 17.7 Å². The maximum atomic E-state index is 11.1. The molecule has 0 atom stereocenters. The van der Waals surface area contributed by atoms with Crippen molar-refractivity contribution in [3.63, 3.8) is 0 Å². The molecule has 0 aliphatic rings. The molecule has 2 aromatic carbocycles. The van der Waals surface area contributed by atoms with E-state index >= 15 is 0 Å². The van der Waals surface area contributed by atoms with Crippen LogP contribution in [0.5, 0.6) is 11.5 Å². The van der Waals surface area contributed by atoms with Gasteiger partial charge >= 0.3 is 0 Å². The number of methoxy groups -OCH3 is 2. The first-order chi connectivity index (χ1) is 9.26. The predicted octanol–water partition coefficient (Wildman–Crippen LogP) is 3.11. The molecule has 0 radical (unpaired) electrons. The Hall–Kier alpha value is -2.29. The summed E-state index contributed by atoms with van der Waals surface area (Å²) < 4.78 is 10.2. The van der Waals surface area contributed by atoms with E-state index in [9.17, 15) is 4.79 Å². The lowest BCUT2D eigenvalue weighted by atomic mass is 10.00. The highest BCUT2D eigenvalue weighted by Gasteiger charge is 2.05. The van der Waals surface area contributed by atoms with E-state index in [4.69, 9.17) is 9.47 Å². The quantitative estimate of drug-likeness (QED) is 0.771. The number of benzene rings is 2. The summed E-state index contributed by atoms with van der Waals surface area (Å²) in [4.78, 5) is 11.1. The normalized spacial score (nSPS) is 10.0. The Morgan fingerprint density at radius 3 is 2.16 bits per heavy atom. The molecule has 2 aromatic rings. The maximum Gasteiger partial charge on any atom is 0.150 e. The molecule has 0 aliphatic carbocycles. The van der Waals surface area contributed by atoms with Gasteiger partial charge in [0.25, 0.3) is 0 Å². The molecule has 0 spiro atoms. The van der Waals surface area contributed by atoms with E-state index in [1.54, 1.807) is 20.3 Å². The van der Waals surface area contributed by atoms with Gasteiger partial charge in [-0.15, -0.1) is 0 Å². The molecule has 19 heavy (non-hydrogen) atoms. The second-order valence-corrected chi connectivity index (χ2v) is 4.21. The van der Waals surface area contributed by atoms with Crippen molar-refractivity contribution in [3.8, 4) is 11.5 Å². The van der Waals surface area contributed by atoms with Gasteiger partial charge in [-0.05, 0) is 41.8 Å². The smallest absolute Gasteiger partial charge is 0.150 e. The maximum absolute atomic E-state index is 11.1. The zero-order chi connectivity index (χ0) is 13.7. The van der Waals surface area contributed by atoms with Crippen LogP contribution >= 0.6 is 0 Å².